The first-order valence-corrected chi connectivity index (χ1v) is 11.6. The Morgan fingerprint density at radius 2 is 1.60 bits per heavy atom. The fourth-order valence-corrected chi connectivity index (χ4v) is 5.87. The summed E-state index contributed by atoms with van der Waals surface area (Å²) in [5, 5.41) is 0.782. The molecule has 30 heavy (non-hydrogen) atoms. The lowest BCUT2D eigenvalue weighted by Gasteiger charge is -2.37. The maximum Gasteiger partial charge on any atom is 0.0406 e. The van der Waals surface area contributed by atoms with Crippen molar-refractivity contribution in [2.75, 3.05) is 0 Å². The first-order valence-electron chi connectivity index (χ1n) is 11.2. The highest BCUT2D eigenvalue weighted by Gasteiger charge is 2.43. The van der Waals surface area contributed by atoms with Crippen LogP contribution in [0.1, 0.15) is 51.2 Å². The van der Waals surface area contributed by atoms with Crippen LogP contribution in [0, 0.1) is 11.8 Å². The number of allylic oxidation sites excluding steroid dienone is 2. The maximum absolute atomic E-state index is 6.13. The molecule has 0 N–H and O–H groups in total. The molecular weight excluding hydrogens is 384 g/mol. The molecule has 0 spiro atoms. The molecule has 0 radical (unpaired) electrons. The van der Waals surface area contributed by atoms with Crippen LogP contribution >= 0.6 is 11.6 Å². The van der Waals surface area contributed by atoms with E-state index in [1.54, 1.807) is 5.57 Å². The highest BCUT2D eigenvalue weighted by Crippen LogP contribution is 2.55. The Balaban J connectivity index is 1.71. The van der Waals surface area contributed by atoms with Crippen LogP contribution in [0.15, 0.2) is 78.4 Å². The number of halogens is 1. The zero-order valence-electron chi connectivity index (χ0n) is 18.1. The van der Waals surface area contributed by atoms with Gasteiger partial charge in [-0.15, -0.1) is 0 Å². The Labute approximate surface area is 185 Å². The van der Waals surface area contributed by atoms with E-state index in [-0.39, 0.29) is 5.41 Å². The van der Waals surface area contributed by atoms with Gasteiger partial charge in [0.1, 0.15) is 0 Å². The highest BCUT2D eigenvalue weighted by molar-refractivity contribution is 6.30. The van der Waals surface area contributed by atoms with E-state index >= 15 is 0 Å². The molecule has 0 bridgehead atoms. The van der Waals surface area contributed by atoms with Gasteiger partial charge in [0.2, 0.25) is 0 Å². The van der Waals surface area contributed by atoms with Crippen LogP contribution < -0.4 is 0 Å². The van der Waals surface area contributed by atoms with Gasteiger partial charge < -0.3 is 0 Å². The van der Waals surface area contributed by atoms with Crippen molar-refractivity contribution in [1.29, 1.82) is 0 Å². The molecular formula is C29H29Cl. The second kappa shape index (κ2) is 7.43. The normalized spacial score (nSPS) is 24.9. The van der Waals surface area contributed by atoms with Crippen molar-refractivity contribution >= 4 is 11.6 Å². The molecule has 2 aliphatic carbocycles. The molecule has 3 atom stereocenters. The van der Waals surface area contributed by atoms with Crippen molar-refractivity contribution in [2.24, 2.45) is 11.8 Å². The van der Waals surface area contributed by atoms with E-state index in [0.717, 1.165) is 10.9 Å². The minimum Gasteiger partial charge on any atom is -0.0843 e. The molecule has 1 heteroatoms. The third-order valence-electron chi connectivity index (χ3n) is 7.41. The van der Waals surface area contributed by atoms with Crippen molar-refractivity contribution in [3.63, 3.8) is 0 Å². The van der Waals surface area contributed by atoms with E-state index in [9.17, 15) is 0 Å². The average Bonchev–Trinajstić information content (AvgIpc) is 3.03. The zero-order valence-corrected chi connectivity index (χ0v) is 18.8. The molecule has 0 aliphatic heterocycles. The van der Waals surface area contributed by atoms with Crippen molar-refractivity contribution in [3.8, 4) is 22.3 Å². The van der Waals surface area contributed by atoms with Gasteiger partial charge in [-0.05, 0) is 83.2 Å². The van der Waals surface area contributed by atoms with E-state index in [0.29, 0.717) is 5.92 Å². The predicted octanol–water partition coefficient (Wildman–Crippen LogP) is 8.68. The van der Waals surface area contributed by atoms with E-state index in [1.165, 1.54) is 52.6 Å². The second-order valence-electron chi connectivity index (χ2n) is 9.32. The molecule has 2 aliphatic rings. The molecule has 3 aromatic rings. The summed E-state index contributed by atoms with van der Waals surface area (Å²) in [6, 6.07) is 24.2. The first kappa shape index (κ1) is 19.6. The topological polar surface area (TPSA) is 0 Å². The van der Waals surface area contributed by atoms with Crippen LogP contribution in [-0.4, -0.2) is 0 Å². The van der Waals surface area contributed by atoms with Crippen molar-refractivity contribution in [1.82, 2.24) is 0 Å². The average molecular weight is 413 g/mol. The summed E-state index contributed by atoms with van der Waals surface area (Å²) in [6.45, 7) is 7.19. The van der Waals surface area contributed by atoms with Crippen LogP contribution in [0.3, 0.4) is 0 Å². The summed E-state index contributed by atoms with van der Waals surface area (Å²) in [5.41, 5.74) is 9.72. The van der Waals surface area contributed by atoms with Crippen LogP contribution in [0.2, 0.25) is 5.02 Å². The fraction of sp³-hybridized carbons (Fsp3) is 0.310. The molecule has 0 amide bonds. The van der Waals surface area contributed by atoms with Gasteiger partial charge in [-0.2, -0.15) is 0 Å². The van der Waals surface area contributed by atoms with Gasteiger partial charge in [0.25, 0.3) is 0 Å². The van der Waals surface area contributed by atoms with Crippen molar-refractivity contribution < 1.29 is 0 Å². The van der Waals surface area contributed by atoms with Crippen molar-refractivity contribution in [2.45, 2.75) is 45.4 Å². The second-order valence-corrected chi connectivity index (χ2v) is 9.76. The van der Waals surface area contributed by atoms with Gasteiger partial charge in [-0.1, -0.05) is 92.0 Å². The fourth-order valence-electron chi connectivity index (χ4n) is 5.74. The van der Waals surface area contributed by atoms with Crippen LogP contribution in [-0.2, 0) is 5.41 Å². The quantitative estimate of drug-likeness (QED) is 0.377. The van der Waals surface area contributed by atoms with Gasteiger partial charge in [-0.3, -0.25) is 0 Å². The molecule has 0 saturated heterocycles. The van der Waals surface area contributed by atoms with E-state index in [4.69, 9.17) is 11.6 Å². The van der Waals surface area contributed by atoms with Crippen LogP contribution in [0.4, 0.5) is 0 Å². The zero-order chi connectivity index (χ0) is 20.9. The molecule has 0 aromatic heterocycles. The molecule has 0 fully saturated rings. The SMILES string of the molecule is CCC1CC(C2(C)c3ccccc3-c3ccc(-c4ccc(Cl)cc4)cc32)=CC(C)C1. The van der Waals surface area contributed by atoms with Crippen LogP contribution in [0.5, 0.6) is 0 Å². The van der Waals surface area contributed by atoms with Gasteiger partial charge in [-0.25, -0.2) is 0 Å². The molecule has 5 rings (SSSR count). The molecule has 0 saturated carbocycles. The molecule has 3 aromatic carbocycles. The number of hydrogen-bond donors (Lipinski definition) is 0. The third-order valence-corrected chi connectivity index (χ3v) is 7.66. The first-order chi connectivity index (χ1) is 14.5. The number of rotatable bonds is 3. The third kappa shape index (κ3) is 3.05. The minimum atomic E-state index is -0.0591. The van der Waals surface area contributed by atoms with Crippen molar-refractivity contribution in [3.05, 3.63) is 94.5 Å². The van der Waals surface area contributed by atoms with Gasteiger partial charge in [0.05, 0.1) is 0 Å². The van der Waals surface area contributed by atoms with E-state index in [1.807, 2.05) is 12.1 Å². The summed E-state index contributed by atoms with van der Waals surface area (Å²) in [7, 11) is 0. The summed E-state index contributed by atoms with van der Waals surface area (Å²) in [5.74, 6) is 1.43. The Bertz CT molecular complexity index is 1120. The molecule has 0 heterocycles. The van der Waals surface area contributed by atoms with E-state index in [2.05, 4.69) is 81.4 Å². The van der Waals surface area contributed by atoms with Crippen LogP contribution in [0.25, 0.3) is 22.3 Å². The van der Waals surface area contributed by atoms with Gasteiger partial charge in [0, 0.05) is 10.4 Å². The Morgan fingerprint density at radius 3 is 2.37 bits per heavy atom. The number of fused-ring (bicyclic) bond motifs is 3. The summed E-state index contributed by atoms with van der Waals surface area (Å²) in [6.07, 6.45) is 6.36. The lowest BCUT2D eigenvalue weighted by Crippen LogP contribution is -2.28. The Hall–Kier alpha value is -2.31. The number of benzene rings is 3. The largest absolute Gasteiger partial charge is 0.0843 e. The van der Waals surface area contributed by atoms with E-state index < -0.39 is 0 Å². The Morgan fingerprint density at radius 1 is 0.900 bits per heavy atom. The minimum absolute atomic E-state index is 0.0591. The Kier molecular flexibility index (Phi) is 4.86. The lowest BCUT2D eigenvalue weighted by atomic mass is 9.66. The van der Waals surface area contributed by atoms with Gasteiger partial charge in [0.15, 0.2) is 0 Å². The maximum atomic E-state index is 6.13. The summed E-state index contributed by atoms with van der Waals surface area (Å²) < 4.78 is 0. The smallest absolute Gasteiger partial charge is 0.0406 e. The molecule has 3 unspecified atom stereocenters. The monoisotopic (exact) mass is 412 g/mol. The molecule has 0 nitrogen and oxygen atoms in total. The predicted molar refractivity (Wildman–Crippen MR) is 129 cm³/mol. The summed E-state index contributed by atoms with van der Waals surface area (Å²) >= 11 is 6.13. The number of hydrogen-bond acceptors (Lipinski definition) is 0. The molecule has 152 valence electrons. The highest BCUT2D eigenvalue weighted by atomic mass is 35.5. The van der Waals surface area contributed by atoms with Gasteiger partial charge >= 0.3 is 0 Å². The lowest BCUT2D eigenvalue weighted by molar-refractivity contribution is 0.373. The summed E-state index contributed by atoms with van der Waals surface area (Å²) in [4.78, 5) is 0. The standard InChI is InChI=1S/C29H29Cl/c1-4-20-15-19(2)16-23(17-20)29(3)27-8-6-5-7-25(27)26-14-11-22(18-28(26)29)21-9-12-24(30)13-10-21/h5-14,16,18-20H,4,15,17H2,1-3H3.